The zero-order chi connectivity index (χ0) is 16.0. The molecule has 2 unspecified atom stereocenters. The first-order chi connectivity index (χ1) is 10.3. The third-order valence-electron chi connectivity index (χ3n) is 4.07. The number of rotatable bonds is 1. The van der Waals surface area contributed by atoms with Gasteiger partial charge >= 0.3 is 0 Å². The Kier molecular flexibility index (Phi) is 3.70. The largest absolute Gasteiger partial charge is 0.593 e. The van der Waals surface area contributed by atoms with Gasteiger partial charge in [-0.2, -0.15) is 0 Å². The molecule has 3 heterocycles. The number of hydrogen-bond acceptors (Lipinski definition) is 5. The number of hydrogen-bond donors (Lipinski definition) is 1. The van der Waals surface area contributed by atoms with Gasteiger partial charge in [-0.15, -0.1) is 4.72 Å². The molecule has 1 spiro atoms. The van der Waals surface area contributed by atoms with Gasteiger partial charge in [0.2, 0.25) is 10.8 Å². The van der Waals surface area contributed by atoms with Crippen molar-refractivity contribution >= 4 is 16.3 Å². The Morgan fingerprint density at radius 2 is 2.36 bits per heavy atom. The first kappa shape index (κ1) is 15.4. The van der Waals surface area contributed by atoms with Crippen molar-refractivity contribution in [3.8, 4) is 5.75 Å². The lowest BCUT2D eigenvalue weighted by atomic mass is 10.0. The van der Waals surface area contributed by atoms with E-state index in [2.05, 4.69) is 9.71 Å². The maximum Gasteiger partial charge on any atom is 0.235 e. The van der Waals surface area contributed by atoms with Crippen molar-refractivity contribution in [3.05, 3.63) is 18.5 Å². The minimum absolute atomic E-state index is 0.0421. The van der Waals surface area contributed by atoms with Gasteiger partial charge in [-0.1, -0.05) is 18.1 Å². The first-order valence-electron chi connectivity index (χ1n) is 7.24. The summed E-state index contributed by atoms with van der Waals surface area (Å²) < 4.78 is 33.1. The Morgan fingerprint density at radius 1 is 1.59 bits per heavy atom. The van der Waals surface area contributed by atoms with E-state index in [9.17, 15) is 13.6 Å². The summed E-state index contributed by atoms with van der Waals surface area (Å²) in [7, 11) is -3.64. The molecule has 8 heteroatoms. The molecule has 22 heavy (non-hydrogen) atoms. The van der Waals surface area contributed by atoms with Gasteiger partial charge in [-0.25, -0.2) is 0 Å². The van der Waals surface area contributed by atoms with Gasteiger partial charge < -0.3 is 14.2 Å². The van der Waals surface area contributed by atoms with Crippen molar-refractivity contribution < 1.29 is 18.3 Å². The highest BCUT2D eigenvalue weighted by molar-refractivity contribution is 7.95. The summed E-state index contributed by atoms with van der Waals surface area (Å²) in [5.41, 5.74) is -0.718. The molecule has 1 amide bonds. The Bertz CT molecular complexity index is 651. The van der Waals surface area contributed by atoms with Crippen LogP contribution in [0.15, 0.2) is 23.4 Å². The third-order valence-corrected chi connectivity index (χ3v) is 5.48. The quantitative estimate of drug-likeness (QED) is 0.763. The molecule has 1 aromatic heterocycles. The molecule has 7 nitrogen and oxygen atoms in total. The summed E-state index contributed by atoms with van der Waals surface area (Å²) in [6.45, 7) is 4.80. The predicted octanol–water partition coefficient (Wildman–Crippen LogP) is 0.594. The number of pyridine rings is 1. The van der Waals surface area contributed by atoms with Crippen LogP contribution in [0.1, 0.15) is 20.3 Å². The summed E-state index contributed by atoms with van der Waals surface area (Å²) in [6.07, 6.45) is 3.37. The molecule has 0 aromatic carbocycles. The van der Waals surface area contributed by atoms with Crippen LogP contribution >= 0.6 is 0 Å². The third kappa shape index (κ3) is 2.62. The molecule has 1 saturated heterocycles. The van der Waals surface area contributed by atoms with Crippen molar-refractivity contribution in [2.24, 2.45) is 5.92 Å². The zero-order valence-corrected chi connectivity index (χ0v) is 13.4. The van der Waals surface area contributed by atoms with E-state index in [1.807, 2.05) is 13.8 Å². The lowest BCUT2D eigenvalue weighted by molar-refractivity contribution is -0.134. The molecule has 2 aliphatic heterocycles. The van der Waals surface area contributed by atoms with Crippen LogP contribution in [-0.4, -0.2) is 45.6 Å². The second-order valence-electron chi connectivity index (χ2n) is 6.10. The smallest absolute Gasteiger partial charge is 0.235 e. The van der Waals surface area contributed by atoms with E-state index in [0.29, 0.717) is 25.3 Å². The fourth-order valence-electron chi connectivity index (χ4n) is 2.85. The number of likely N-dealkylation sites (tertiary alicyclic amines) is 1. The van der Waals surface area contributed by atoms with Gasteiger partial charge in [0, 0.05) is 31.1 Å². The monoisotopic (exact) mass is 325 g/mol. The minimum Gasteiger partial charge on any atom is -0.593 e. The van der Waals surface area contributed by atoms with Gasteiger partial charge in [0.15, 0.2) is 16.1 Å². The number of aromatic nitrogens is 1. The summed E-state index contributed by atoms with van der Waals surface area (Å²) >= 11 is 0. The fourth-order valence-corrected chi connectivity index (χ4v) is 4.04. The Morgan fingerprint density at radius 3 is 3.09 bits per heavy atom. The topological polar surface area (TPSA) is 94.6 Å². The van der Waals surface area contributed by atoms with E-state index in [1.54, 1.807) is 11.0 Å². The number of carbonyl (C=O) groups excluding carboxylic acids is 1. The summed E-state index contributed by atoms with van der Waals surface area (Å²) in [5.74, 6) is 0.260. The minimum atomic E-state index is -3.64. The Balaban J connectivity index is 1.89. The van der Waals surface area contributed by atoms with E-state index in [0.717, 1.165) is 0 Å². The Hall–Kier alpha value is -1.51. The maximum atomic E-state index is 12.2. The van der Waals surface area contributed by atoms with Crippen LogP contribution in [0.25, 0.3) is 0 Å². The molecule has 1 fully saturated rings. The molecule has 3 rings (SSSR count). The van der Waals surface area contributed by atoms with E-state index < -0.39 is 16.0 Å². The highest BCUT2D eigenvalue weighted by atomic mass is 32.3. The van der Waals surface area contributed by atoms with Crippen molar-refractivity contribution in [1.82, 2.24) is 14.6 Å². The van der Waals surface area contributed by atoms with Crippen LogP contribution in [0.4, 0.5) is 0 Å². The normalized spacial score (nSPS) is 31.0. The number of carbonyl (C=O) groups is 1. The maximum absolute atomic E-state index is 12.2. The SMILES string of the molecule is CC(C)C(=O)N1CCC2(CN[S+](=O)([O-])c3cnccc3O2)C1. The highest BCUT2D eigenvalue weighted by Crippen LogP contribution is 2.36. The van der Waals surface area contributed by atoms with Gasteiger partial charge in [-0.05, 0) is 0 Å². The van der Waals surface area contributed by atoms with Crippen molar-refractivity contribution in [1.29, 1.82) is 0 Å². The van der Waals surface area contributed by atoms with E-state index >= 15 is 0 Å². The van der Waals surface area contributed by atoms with E-state index in [4.69, 9.17) is 4.74 Å². The Labute approximate surface area is 130 Å². The second kappa shape index (κ2) is 5.29. The number of amides is 1. The fraction of sp³-hybridized carbons (Fsp3) is 0.571. The summed E-state index contributed by atoms with van der Waals surface area (Å²) in [6, 6.07) is 1.55. The number of nitrogens with one attached hydrogen (secondary N) is 1. The number of sulfonamides is 1. The van der Waals surface area contributed by atoms with Crippen LogP contribution < -0.4 is 9.46 Å². The molecule has 2 aliphatic rings. The lowest BCUT2D eigenvalue weighted by Gasteiger charge is -2.28. The standard InChI is InChI=1S/C14H19N3O4S/c1-10(2)13(18)17-6-4-14(9-17)8-16-22(19,20)12-7-15-5-3-11(12)21-14/h3,5,7,10H,4,6,8-9H2,1-2H3,(H-,16,19,20). The number of ether oxygens (including phenoxy) is 1. The van der Waals surface area contributed by atoms with Crippen molar-refractivity contribution in [2.45, 2.75) is 30.8 Å². The number of nitrogens with zero attached hydrogens (tertiary/aromatic N) is 2. The van der Waals surface area contributed by atoms with Crippen molar-refractivity contribution in [2.75, 3.05) is 19.6 Å². The molecular weight excluding hydrogens is 306 g/mol. The van der Waals surface area contributed by atoms with Crippen LogP contribution in [0.2, 0.25) is 0 Å². The van der Waals surface area contributed by atoms with Gasteiger partial charge in [0.05, 0.1) is 19.3 Å². The van der Waals surface area contributed by atoms with Crippen LogP contribution in [-0.2, 0) is 19.4 Å². The first-order valence-corrected chi connectivity index (χ1v) is 8.73. The molecule has 0 bridgehead atoms. The molecule has 0 radical (unpaired) electrons. The molecular formula is C14H19N3O4S. The predicted molar refractivity (Wildman–Crippen MR) is 78.7 cm³/mol. The van der Waals surface area contributed by atoms with Gasteiger partial charge in [0.25, 0.3) is 0 Å². The van der Waals surface area contributed by atoms with E-state index in [1.165, 1.54) is 12.4 Å². The van der Waals surface area contributed by atoms with Crippen LogP contribution in [0.5, 0.6) is 5.75 Å². The molecule has 120 valence electrons. The molecule has 1 N–H and O–H groups in total. The highest BCUT2D eigenvalue weighted by Gasteiger charge is 2.47. The van der Waals surface area contributed by atoms with E-state index in [-0.39, 0.29) is 23.3 Å². The second-order valence-corrected chi connectivity index (χ2v) is 7.83. The molecule has 0 saturated carbocycles. The van der Waals surface area contributed by atoms with Crippen molar-refractivity contribution in [3.63, 3.8) is 0 Å². The zero-order valence-electron chi connectivity index (χ0n) is 12.6. The lowest BCUT2D eigenvalue weighted by Crippen LogP contribution is -2.49. The van der Waals surface area contributed by atoms with Crippen LogP contribution in [0.3, 0.4) is 0 Å². The molecule has 2 atom stereocenters. The summed E-state index contributed by atoms with van der Waals surface area (Å²) in [4.78, 5) is 17.8. The summed E-state index contributed by atoms with van der Waals surface area (Å²) in [5, 5.41) is 0. The number of fused-ring (bicyclic) bond motifs is 1. The average Bonchev–Trinajstić information content (AvgIpc) is 2.84. The van der Waals surface area contributed by atoms with Crippen LogP contribution in [0, 0.1) is 5.92 Å². The van der Waals surface area contributed by atoms with Gasteiger partial charge in [-0.3, -0.25) is 9.78 Å². The molecule has 0 aliphatic carbocycles. The van der Waals surface area contributed by atoms with Gasteiger partial charge in [0.1, 0.15) is 5.60 Å². The average molecular weight is 325 g/mol. The molecule has 1 aromatic rings.